The van der Waals surface area contributed by atoms with Crippen LogP contribution in [0.15, 0.2) is 57.8 Å². The second kappa shape index (κ2) is 4.00. The first-order chi connectivity index (χ1) is 8.75. The molecule has 0 amide bonds. The Morgan fingerprint density at radius 2 is 1.78 bits per heavy atom. The minimum atomic E-state index is 0.0405. The average molecular weight is 242 g/mol. The fraction of sp³-hybridized carbons (Fsp3) is 0. The molecule has 0 saturated carbocycles. The lowest BCUT2D eigenvalue weighted by Crippen LogP contribution is -1.79. The van der Waals surface area contributed by atoms with E-state index >= 15 is 0 Å². The highest BCUT2D eigenvalue weighted by molar-refractivity contribution is 5.94. The fourth-order valence-corrected chi connectivity index (χ4v) is 1.87. The second-order valence-corrected chi connectivity index (χ2v) is 3.86. The molecule has 0 spiro atoms. The van der Waals surface area contributed by atoms with Gasteiger partial charge in [-0.3, -0.25) is 0 Å². The van der Waals surface area contributed by atoms with Crippen molar-refractivity contribution in [3.63, 3.8) is 0 Å². The molecule has 2 aliphatic rings. The van der Waals surface area contributed by atoms with Crippen molar-refractivity contribution in [1.29, 1.82) is 0 Å². The molecule has 1 aromatic heterocycles. The fourth-order valence-electron chi connectivity index (χ4n) is 1.87. The molecule has 1 aliphatic heterocycles. The summed E-state index contributed by atoms with van der Waals surface area (Å²) in [7, 11) is 0. The number of rotatable bonds is 0. The van der Waals surface area contributed by atoms with Crippen LogP contribution >= 0.6 is 0 Å². The Morgan fingerprint density at radius 1 is 0.889 bits per heavy atom. The van der Waals surface area contributed by atoms with Gasteiger partial charge >= 0.3 is 0 Å². The molecule has 1 aliphatic carbocycles. The number of furan rings is 1. The third kappa shape index (κ3) is 1.64. The van der Waals surface area contributed by atoms with Crippen LogP contribution in [0.25, 0.3) is 22.3 Å². The summed E-state index contributed by atoms with van der Waals surface area (Å²) in [5, 5.41) is 20.2. The molecule has 0 bridgehead atoms. The summed E-state index contributed by atoms with van der Waals surface area (Å²) in [6.45, 7) is 0. The molecule has 3 rings (SSSR count). The minimum absolute atomic E-state index is 0.0405. The topological polar surface area (TPSA) is 66.7 Å². The highest BCUT2D eigenvalue weighted by atomic mass is 16.5. The lowest BCUT2D eigenvalue weighted by Gasteiger charge is -2.03. The minimum Gasteiger partial charge on any atom is -0.508 e. The molecule has 0 saturated heterocycles. The monoisotopic (exact) mass is 242 g/mol. The second-order valence-electron chi connectivity index (χ2n) is 3.86. The predicted octanol–water partition coefficient (Wildman–Crippen LogP) is 3.67. The van der Waals surface area contributed by atoms with Crippen LogP contribution in [0.5, 0.6) is 11.5 Å². The van der Waals surface area contributed by atoms with Gasteiger partial charge in [0.05, 0.1) is 11.6 Å². The van der Waals surface area contributed by atoms with Crippen LogP contribution in [0, 0.1) is 0 Å². The zero-order valence-corrected chi connectivity index (χ0v) is 9.33. The van der Waals surface area contributed by atoms with E-state index in [1.165, 1.54) is 30.7 Å². The molecule has 0 aromatic carbocycles. The molecule has 4 nitrogen and oxygen atoms in total. The van der Waals surface area contributed by atoms with Crippen LogP contribution in [0.2, 0.25) is 0 Å². The van der Waals surface area contributed by atoms with E-state index in [1.54, 1.807) is 18.2 Å². The van der Waals surface area contributed by atoms with Crippen molar-refractivity contribution in [3.05, 3.63) is 48.9 Å². The van der Waals surface area contributed by atoms with Gasteiger partial charge in [0.1, 0.15) is 17.8 Å². The highest BCUT2D eigenvalue weighted by Gasteiger charge is 2.12. The Morgan fingerprint density at radius 3 is 2.67 bits per heavy atom. The summed E-state index contributed by atoms with van der Waals surface area (Å²) in [5.41, 5.74) is 1.32. The largest absolute Gasteiger partial charge is 0.508 e. The normalized spacial score (nSPS) is 10.7. The van der Waals surface area contributed by atoms with Crippen LogP contribution in [0.4, 0.5) is 0 Å². The van der Waals surface area contributed by atoms with E-state index in [9.17, 15) is 10.2 Å². The molecular formula is C14H10O4. The maximum absolute atomic E-state index is 10.1. The molecule has 2 N–H and O–H groups in total. The third-order valence-electron chi connectivity index (χ3n) is 2.69. The van der Waals surface area contributed by atoms with E-state index < -0.39 is 0 Å². The van der Waals surface area contributed by atoms with E-state index in [1.807, 2.05) is 0 Å². The van der Waals surface area contributed by atoms with Crippen molar-refractivity contribution in [1.82, 2.24) is 0 Å². The lowest BCUT2D eigenvalue weighted by atomic mass is 10.1. The van der Waals surface area contributed by atoms with E-state index in [0.29, 0.717) is 22.3 Å². The number of aromatic hydroxyl groups is 2. The Labute approximate surface area is 102 Å². The van der Waals surface area contributed by atoms with Crippen molar-refractivity contribution in [3.8, 4) is 22.6 Å². The first-order valence-corrected chi connectivity index (χ1v) is 5.39. The predicted molar refractivity (Wildman–Crippen MR) is 66.1 cm³/mol. The van der Waals surface area contributed by atoms with Gasteiger partial charge in [0.25, 0.3) is 5.78 Å². The summed E-state index contributed by atoms with van der Waals surface area (Å²) < 4.78 is 10.5. The van der Waals surface area contributed by atoms with Crippen LogP contribution in [0.3, 0.4) is 0 Å². The van der Waals surface area contributed by atoms with Gasteiger partial charge in [0.2, 0.25) is 0 Å². The van der Waals surface area contributed by atoms with Crippen molar-refractivity contribution in [2.45, 2.75) is 0 Å². The van der Waals surface area contributed by atoms with Crippen LogP contribution < -0.4 is 0 Å². The SMILES string of the molecule is Oc1cccc2coc3occc3c-2c(O)cc1. The third-order valence-corrected chi connectivity index (χ3v) is 2.69. The molecule has 90 valence electrons. The Kier molecular flexibility index (Phi) is 2.34. The Balaban J connectivity index is 2.50. The number of hydrogen-bond acceptors (Lipinski definition) is 4. The van der Waals surface area contributed by atoms with Crippen molar-refractivity contribution in [2.24, 2.45) is 0 Å². The highest BCUT2D eigenvalue weighted by Crippen LogP contribution is 2.36. The summed E-state index contributed by atoms with van der Waals surface area (Å²) in [5.74, 6) is 0.447. The smallest absolute Gasteiger partial charge is 0.297 e. The van der Waals surface area contributed by atoms with Gasteiger partial charge < -0.3 is 19.0 Å². The zero-order chi connectivity index (χ0) is 12.5. The standard InChI is InChI=1S/C14H10O4/c15-10-3-1-2-9-8-18-14-11(6-7-17-14)13(9)12(16)5-4-10/h1-8,15-16H. The van der Waals surface area contributed by atoms with Crippen LogP contribution in [-0.2, 0) is 0 Å². The van der Waals surface area contributed by atoms with Crippen molar-refractivity contribution in [2.75, 3.05) is 0 Å². The number of hydrogen-bond donors (Lipinski definition) is 2. The summed E-state index contributed by atoms with van der Waals surface area (Å²) in [4.78, 5) is 0. The van der Waals surface area contributed by atoms with Gasteiger partial charge in [0.15, 0.2) is 0 Å². The van der Waals surface area contributed by atoms with E-state index in [-0.39, 0.29) is 11.5 Å². The van der Waals surface area contributed by atoms with Gasteiger partial charge in [0, 0.05) is 11.1 Å². The number of fused-ring (bicyclic) bond motifs is 3. The van der Waals surface area contributed by atoms with E-state index in [4.69, 9.17) is 8.83 Å². The zero-order valence-electron chi connectivity index (χ0n) is 9.33. The van der Waals surface area contributed by atoms with E-state index in [0.717, 1.165) is 0 Å². The van der Waals surface area contributed by atoms with Crippen molar-refractivity contribution < 1.29 is 19.0 Å². The van der Waals surface area contributed by atoms with Gasteiger partial charge in [-0.1, -0.05) is 12.1 Å². The molecule has 0 radical (unpaired) electrons. The van der Waals surface area contributed by atoms with Gasteiger partial charge in [-0.15, -0.1) is 0 Å². The molecular weight excluding hydrogens is 232 g/mol. The molecule has 0 fully saturated rings. The molecule has 2 heterocycles. The van der Waals surface area contributed by atoms with Gasteiger partial charge in [-0.2, -0.15) is 0 Å². The van der Waals surface area contributed by atoms with Crippen LogP contribution in [0.1, 0.15) is 0 Å². The van der Waals surface area contributed by atoms with Crippen LogP contribution in [-0.4, -0.2) is 10.2 Å². The Bertz CT molecular complexity index is 722. The summed E-state index contributed by atoms with van der Waals surface area (Å²) >= 11 is 0. The Hall–Kier alpha value is -2.62. The first kappa shape index (κ1) is 10.5. The summed E-state index contributed by atoms with van der Waals surface area (Å²) in [6, 6.07) is 9.53. The maximum Gasteiger partial charge on any atom is 0.297 e. The van der Waals surface area contributed by atoms with E-state index in [2.05, 4.69) is 0 Å². The van der Waals surface area contributed by atoms with Crippen molar-refractivity contribution >= 4 is 11.2 Å². The average Bonchev–Trinajstić information content (AvgIpc) is 2.84. The quantitative estimate of drug-likeness (QED) is 0.631. The maximum atomic E-state index is 10.1. The summed E-state index contributed by atoms with van der Waals surface area (Å²) in [6.07, 6.45) is 3.00. The van der Waals surface area contributed by atoms with Gasteiger partial charge in [-0.25, -0.2) is 0 Å². The molecule has 0 unspecified atom stereocenters. The molecule has 18 heavy (non-hydrogen) atoms. The molecule has 1 aromatic rings. The van der Waals surface area contributed by atoms with Gasteiger partial charge in [-0.05, 0) is 24.3 Å². The molecule has 4 heteroatoms. The first-order valence-electron chi connectivity index (χ1n) is 5.39. The molecule has 0 atom stereocenters. The lowest BCUT2D eigenvalue weighted by molar-refractivity contribution is 0.464.